The van der Waals surface area contributed by atoms with Crippen molar-refractivity contribution in [3.63, 3.8) is 0 Å². The molecule has 0 spiro atoms. The topological polar surface area (TPSA) is 69.9 Å². The van der Waals surface area contributed by atoms with Crippen LogP contribution in [0.5, 0.6) is 0 Å². The number of nitriles is 1. The zero-order valence-electron chi connectivity index (χ0n) is 8.73. The smallest absolute Gasteiger partial charge is 0.267 e. The van der Waals surface area contributed by atoms with E-state index in [4.69, 9.17) is 5.26 Å². The zero-order chi connectivity index (χ0) is 11.3. The first kappa shape index (κ1) is 11.6. The lowest BCUT2D eigenvalue weighted by Gasteiger charge is -2.18. The quantitative estimate of drug-likeness (QED) is 0.771. The van der Waals surface area contributed by atoms with Crippen molar-refractivity contribution in [2.24, 2.45) is 0 Å². The Hall–Kier alpha value is -1.48. The van der Waals surface area contributed by atoms with E-state index in [9.17, 15) is 4.79 Å². The number of aromatic nitrogens is 2. The van der Waals surface area contributed by atoms with E-state index in [0.29, 0.717) is 30.1 Å². The monoisotopic (exact) mass is 224 g/mol. The fraction of sp³-hybridized carbons (Fsp3) is 0.556. The molecule has 0 aliphatic carbocycles. The molecule has 0 bridgehead atoms. The predicted octanol–water partition coefficient (Wildman–Crippen LogP) is 1.22. The van der Waals surface area contributed by atoms with Crippen molar-refractivity contribution in [3.05, 3.63) is 10.6 Å². The van der Waals surface area contributed by atoms with Gasteiger partial charge in [0, 0.05) is 13.1 Å². The Morgan fingerprint density at radius 1 is 1.67 bits per heavy atom. The Labute approximate surface area is 92.5 Å². The molecule has 0 saturated carbocycles. The molecule has 0 saturated heterocycles. The summed E-state index contributed by atoms with van der Waals surface area (Å²) in [4.78, 5) is 14.1. The lowest BCUT2D eigenvalue weighted by Crippen LogP contribution is -2.31. The highest BCUT2D eigenvalue weighted by Crippen LogP contribution is 2.12. The SMILES string of the molecule is CCN(CCC#N)C(=O)c1snnc1C. The molecule has 1 rings (SSSR count). The van der Waals surface area contributed by atoms with Crippen LogP contribution >= 0.6 is 11.5 Å². The molecule has 0 radical (unpaired) electrons. The average Bonchev–Trinajstić information content (AvgIpc) is 2.65. The number of nitrogens with zero attached hydrogens (tertiary/aromatic N) is 4. The van der Waals surface area contributed by atoms with Crippen molar-refractivity contribution >= 4 is 17.4 Å². The van der Waals surface area contributed by atoms with Gasteiger partial charge in [0.25, 0.3) is 5.91 Å². The van der Waals surface area contributed by atoms with E-state index >= 15 is 0 Å². The summed E-state index contributed by atoms with van der Waals surface area (Å²) >= 11 is 1.10. The Kier molecular flexibility index (Phi) is 4.18. The second-order valence-electron chi connectivity index (χ2n) is 2.98. The number of aryl methyl sites for hydroxylation is 1. The van der Waals surface area contributed by atoms with Crippen molar-refractivity contribution in [1.82, 2.24) is 14.5 Å². The van der Waals surface area contributed by atoms with Gasteiger partial charge in [-0.2, -0.15) is 5.26 Å². The van der Waals surface area contributed by atoms with Crippen molar-refractivity contribution < 1.29 is 4.79 Å². The summed E-state index contributed by atoms with van der Waals surface area (Å²) in [5.41, 5.74) is 0.653. The lowest BCUT2D eigenvalue weighted by molar-refractivity contribution is 0.0771. The van der Waals surface area contributed by atoms with Crippen LogP contribution in [0.15, 0.2) is 0 Å². The number of hydrogen-bond acceptors (Lipinski definition) is 5. The van der Waals surface area contributed by atoms with E-state index in [2.05, 4.69) is 9.59 Å². The minimum atomic E-state index is -0.0831. The fourth-order valence-corrected chi connectivity index (χ4v) is 1.78. The first-order chi connectivity index (χ1) is 7.20. The van der Waals surface area contributed by atoms with Gasteiger partial charge in [0.15, 0.2) is 0 Å². The van der Waals surface area contributed by atoms with Crippen LogP contribution in [-0.4, -0.2) is 33.5 Å². The molecule has 0 aliphatic heterocycles. The van der Waals surface area contributed by atoms with E-state index in [0.717, 1.165) is 11.5 Å². The van der Waals surface area contributed by atoms with Gasteiger partial charge >= 0.3 is 0 Å². The third kappa shape index (κ3) is 2.73. The van der Waals surface area contributed by atoms with Gasteiger partial charge < -0.3 is 4.90 Å². The first-order valence-corrected chi connectivity index (χ1v) is 5.43. The van der Waals surface area contributed by atoms with Crippen LogP contribution in [0.1, 0.15) is 28.7 Å². The molecule has 80 valence electrons. The van der Waals surface area contributed by atoms with E-state index in [-0.39, 0.29) is 5.91 Å². The molecule has 0 N–H and O–H groups in total. The molecule has 0 atom stereocenters. The van der Waals surface area contributed by atoms with E-state index < -0.39 is 0 Å². The summed E-state index contributed by atoms with van der Waals surface area (Å²) in [6, 6.07) is 2.03. The number of rotatable bonds is 4. The molecular formula is C9H12N4OS. The second-order valence-corrected chi connectivity index (χ2v) is 3.73. The second kappa shape index (κ2) is 5.41. The normalized spacial score (nSPS) is 9.67. The summed E-state index contributed by atoms with van der Waals surface area (Å²) in [7, 11) is 0. The molecule has 1 amide bonds. The van der Waals surface area contributed by atoms with Crippen molar-refractivity contribution in [1.29, 1.82) is 5.26 Å². The van der Waals surface area contributed by atoms with Crippen LogP contribution < -0.4 is 0 Å². The van der Waals surface area contributed by atoms with Gasteiger partial charge in [0.2, 0.25) is 0 Å². The maximum Gasteiger partial charge on any atom is 0.267 e. The molecule has 0 fully saturated rings. The summed E-state index contributed by atoms with van der Waals surface area (Å²) in [6.45, 7) is 4.70. The van der Waals surface area contributed by atoms with Crippen LogP contribution in [0.3, 0.4) is 0 Å². The highest BCUT2D eigenvalue weighted by molar-refractivity contribution is 7.07. The first-order valence-electron chi connectivity index (χ1n) is 4.65. The third-order valence-electron chi connectivity index (χ3n) is 2.01. The fourth-order valence-electron chi connectivity index (χ4n) is 1.16. The highest BCUT2D eigenvalue weighted by Gasteiger charge is 2.18. The van der Waals surface area contributed by atoms with Crippen LogP contribution in [0.4, 0.5) is 0 Å². The number of amides is 1. The zero-order valence-corrected chi connectivity index (χ0v) is 9.54. The van der Waals surface area contributed by atoms with E-state index in [1.807, 2.05) is 13.0 Å². The Balaban J connectivity index is 2.74. The summed E-state index contributed by atoms with van der Waals surface area (Å²) < 4.78 is 3.72. The van der Waals surface area contributed by atoms with E-state index in [1.165, 1.54) is 0 Å². The van der Waals surface area contributed by atoms with Gasteiger partial charge in [-0.05, 0) is 25.4 Å². The predicted molar refractivity (Wildman–Crippen MR) is 56.5 cm³/mol. The molecule has 15 heavy (non-hydrogen) atoms. The number of carbonyl (C=O) groups excluding carboxylic acids is 1. The molecule has 1 heterocycles. The minimum absolute atomic E-state index is 0.0831. The maximum atomic E-state index is 11.9. The van der Waals surface area contributed by atoms with Crippen LogP contribution in [0.25, 0.3) is 0 Å². The summed E-state index contributed by atoms with van der Waals surface area (Å²) in [5.74, 6) is -0.0831. The van der Waals surface area contributed by atoms with Gasteiger partial charge in [-0.1, -0.05) is 4.49 Å². The van der Waals surface area contributed by atoms with Gasteiger partial charge in [-0.3, -0.25) is 4.79 Å². The number of carbonyl (C=O) groups is 1. The standard InChI is InChI=1S/C9H12N4OS/c1-3-13(6-4-5-10)9(14)8-7(2)11-12-15-8/h3-4,6H2,1-2H3. The Morgan fingerprint density at radius 2 is 2.40 bits per heavy atom. The van der Waals surface area contributed by atoms with E-state index in [1.54, 1.807) is 11.8 Å². The lowest BCUT2D eigenvalue weighted by atomic mass is 10.3. The van der Waals surface area contributed by atoms with Gasteiger partial charge in [0.05, 0.1) is 18.2 Å². The van der Waals surface area contributed by atoms with Crippen LogP contribution in [0, 0.1) is 18.3 Å². The summed E-state index contributed by atoms with van der Waals surface area (Å²) in [6.07, 6.45) is 0.352. The molecule has 1 aromatic heterocycles. The summed E-state index contributed by atoms with van der Waals surface area (Å²) in [5, 5.41) is 12.3. The molecule has 0 unspecified atom stereocenters. The number of hydrogen-bond donors (Lipinski definition) is 0. The molecular weight excluding hydrogens is 212 g/mol. The Bertz CT molecular complexity index is 382. The molecule has 0 aromatic carbocycles. The van der Waals surface area contributed by atoms with Gasteiger partial charge in [-0.25, -0.2) is 0 Å². The molecule has 0 aliphatic rings. The maximum absolute atomic E-state index is 11.9. The Morgan fingerprint density at radius 3 is 2.87 bits per heavy atom. The molecule has 1 aromatic rings. The van der Waals surface area contributed by atoms with Crippen LogP contribution in [-0.2, 0) is 0 Å². The van der Waals surface area contributed by atoms with Crippen molar-refractivity contribution in [2.75, 3.05) is 13.1 Å². The largest absolute Gasteiger partial charge is 0.337 e. The molecule has 5 nitrogen and oxygen atoms in total. The minimum Gasteiger partial charge on any atom is -0.337 e. The average molecular weight is 224 g/mol. The third-order valence-corrected chi connectivity index (χ3v) is 2.82. The van der Waals surface area contributed by atoms with Gasteiger partial charge in [0.1, 0.15) is 4.88 Å². The van der Waals surface area contributed by atoms with Crippen LogP contribution in [0.2, 0.25) is 0 Å². The van der Waals surface area contributed by atoms with Crippen molar-refractivity contribution in [3.8, 4) is 6.07 Å². The van der Waals surface area contributed by atoms with Gasteiger partial charge in [-0.15, -0.1) is 5.10 Å². The molecule has 6 heteroatoms. The highest BCUT2D eigenvalue weighted by atomic mass is 32.1. The van der Waals surface area contributed by atoms with Crippen molar-refractivity contribution in [2.45, 2.75) is 20.3 Å².